The monoisotopic (exact) mass is 678 g/mol. The van der Waals surface area contributed by atoms with Crippen LogP contribution in [0.4, 0.5) is 0 Å². The highest BCUT2D eigenvalue weighted by molar-refractivity contribution is 5.76. The van der Waals surface area contributed by atoms with Crippen LogP contribution in [-0.2, 0) is 23.8 Å². The summed E-state index contributed by atoms with van der Waals surface area (Å²) in [5, 5.41) is 0. The second-order valence-electron chi connectivity index (χ2n) is 14.9. The van der Waals surface area contributed by atoms with Crippen LogP contribution in [0, 0.1) is 0 Å². The molecule has 282 valence electrons. The minimum Gasteiger partial charge on any atom is -0.478 e. The molecule has 0 aromatic carbocycles. The lowest BCUT2D eigenvalue weighted by Gasteiger charge is -2.23. The number of aliphatic imine (C=N–C) groups is 1. The van der Waals surface area contributed by atoms with E-state index in [0.717, 1.165) is 25.7 Å². The van der Waals surface area contributed by atoms with Crippen LogP contribution in [0.3, 0.4) is 0 Å². The molecule has 0 fully saturated rings. The quantitative estimate of drug-likeness (QED) is 0.0487. The molecule has 6 nitrogen and oxygen atoms in total. The molecule has 48 heavy (non-hydrogen) atoms. The van der Waals surface area contributed by atoms with Crippen molar-refractivity contribution in [2.45, 2.75) is 232 Å². The van der Waals surface area contributed by atoms with E-state index in [1.807, 2.05) is 0 Å². The SMILES string of the molecule is CCCCCCCCCCCCCCCCCC(=O)OCC1(COC(=O)CCCCCCCCCCCCCCCCC)COC(C)=N1. The molecule has 0 atom stereocenters. The summed E-state index contributed by atoms with van der Waals surface area (Å²) >= 11 is 0. The highest BCUT2D eigenvalue weighted by Crippen LogP contribution is 2.22. The van der Waals surface area contributed by atoms with Gasteiger partial charge in [0.15, 0.2) is 11.4 Å². The largest absolute Gasteiger partial charge is 0.478 e. The van der Waals surface area contributed by atoms with Crippen LogP contribution in [0.1, 0.15) is 226 Å². The second-order valence-corrected chi connectivity index (χ2v) is 14.9. The van der Waals surface area contributed by atoms with Crippen molar-refractivity contribution in [3.05, 3.63) is 0 Å². The highest BCUT2D eigenvalue weighted by atomic mass is 16.6. The van der Waals surface area contributed by atoms with Crippen molar-refractivity contribution in [3.63, 3.8) is 0 Å². The maximum Gasteiger partial charge on any atom is 0.305 e. The van der Waals surface area contributed by atoms with E-state index in [0.29, 0.717) is 18.7 Å². The van der Waals surface area contributed by atoms with Gasteiger partial charge in [0.2, 0.25) is 0 Å². The third-order valence-electron chi connectivity index (χ3n) is 9.92. The molecule has 1 heterocycles. The zero-order valence-corrected chi connectivity index (χ0v) is 32.2. The number of nitrogens with zero attached hydrogens (tertiary/aromatic N) is 1. The summed E-state index contributed by atoms with van der Waals surface area (Å²) in [5.74, 6) is 0.146. The third kappa shape index (κ3) is 27.3. The lowest BCUT2D eigenvalue weighted by Crippen LogP contribution is -2.41. The van der Waals surface area contributed by atoms with Crippen LogP contribution in [0.15, 0.2) is 4.99 Å². The molecule has 0 radical (unpaired) electrons. The molecular weight excluding hydrogens is 598 g/mol. The summed E-state index contributed by atoms with van der Waals surface area (Å²) in [7, 11) is 0. The predicted octanol–water partition coefficient (Wildman–Crippen LogP) is 12.8. The fourth-order valence-corrected chi connectivity index (χ4v) is 6.68. The summed E-state index contributed by atoms with van der Waals surface area (Å²) in [4.78, 5) is 29.4. The topological polar surface area (TPSA) is 74.2 Å². The number of ether oxygens (including phenoxy) is 3. The highest BCUT2D eigenvalue weighted by Gasteiger charge is 2.39. The van der Waals surface area contributed by atoms with Gasteiger partial charge in [-0.3, -0.25) is 9.59 Å². The Labute approximate surface area is 297 Å². The van der Waals surface area contributed by atoms with Crippen LogP contribution in [0.25, 0.3) is 0 Å². The minimum atomic E-state index is -0.820. The molecule has 0 saturated heterocycles. The van der Waals surface area contributed by atoms with Crippen molar-refractivity contribution >= 4 is 17.8 Å². The van der Waals surface area contributed by atoms with Crippen molar-refractivity contribution < 1.29 is 23.8 Å². The normalized spacial score (nSPS) is 13.8. The molecule has 0 saturated carbocycles. The molecule has 1 aliphatic heterocycles. The molecule has 0 aromatic heterocycles. The van der Waals surface area contributed by atoms with E-state index >= 15 is 0 Å². The van der Waals surface area contributed by atoms with Gasteiger partial charge >= 0.3 is 11.9 Å². The average molecular weight is 678 g/mol. The van der Waals surface area contributed by atoms with Crippen LogP contribution < -0.4 is 0 Å². The molecular formula is C42H79NO5. The Morgan fingerprint density at radius 1 is 0.500 bits per heavy atom. The Hall–Kier alpha value is -1.59. The Balaban J connectivity index is 2.01. The van der Waals surface area contributed by atoms with Gasteiger partial charge in [-0.25, -0.2) is 4.99 Å². The minimum absolute atomic E-state index is 0.0914. The maximum atomic E-state index is 12.4. The van der Waals surface area contributed by atoms with Crippen molar-refractivity contribution in [2.24, 2.45) is 4.99 Å². The first-order chi connectivity index (χ1) is 23.5. The Morgan fingerprint density at radius 3 is 1.02 bits per heavy atom. The second kappa shape index (κ2) is 32.6. The van der Waals surface area contributed by atoms with Crippen molar-refractivity contribution in [1.29, 1.82) is 0 Å². The fraction of sp³-hybridized carbons (Fsp3) is 0.929. The first kappa shape index (κ1) is 44.4. The lowest BCUT2D eigenvalue weighted by molar-refractivity contribution is -0.150. The van der Waals surface area contributed by atoms with Crippen LogP contribution in [0.5, 0.6) is 0 Å². The molecule has 0 aromatic rings. The zero-order chi connectivity index (χ0) is 34.8. The molecule has 1 aliphatic rings. The van der Waals surface area contributed by atoms with Crippen LogP contribution in [-0.4, -0.2) is 43.2 Å². The zero-order valence-electron chi connectivity index (χ0n) is 32.2. The smallest absolute Gasteiger partial charge is 0.305 e. The number of carbonyl (C=O) groups excluding carboxylic acids is 2. The van der Waals surface area contributed by atoms with Gasteiger partial charge in [0, 0.05) is 19.8 Å². The fourth-order valence-electron chi connectivity index (χ4n) is 6.68. The van der Waals surface area contributed by atoms with Gasteiger partial charge in [-0.2, -0.15) is 0 Å². The number of rotatable bonds is 36. The third-order valence-corrected chi connectivity index (χ3v) is 9.92. The molecule has 0 bridgehead atoms. The predicted molar refractivity (Wildman–Crippen MR) is 203 cm³/mol. The molecule has 0 unspecified atom stereocenters. The van der Waals surface area contributed by atoms with Crippen molar-refractivity contribution in [2.75, 3.05) is 19.8 Å². The van der Waals surface area contributed by atoms with E-state index in [2.05, 4.69) is 18.8 Å². The van der Waals surface area contributed by atoms with Gasteiger partial charge in [-0.1, -0.05) is 194 Å². The molecule has 6 heteroatoms. The number of esters is 2. The molecule has 0 amide bonds. The van der Waals surface area contributed by atoms with Gasteiger partial charge in [0.25, 0.3) is 0 Å². The lowest BCUT2D eigenvalue weighted by atomic mass is 10.0. The number of hydrogen-bond acceptors (Lipinski definition) is 6. The average Bonchev–Trinajstić information content (AvgIpc) is 3.46. The van der Waals surface area contributed by atoms with E-state index in [1.165, 1.54) is 167 Å². The van der Waals surface area contributed by atoms with E-state index in [9.17, 15) is 9.59 Å². The van der Waals surface area contributed by atoms with Crippen LogP contribution >= 0.6 is 0 Å². The van der Waals surface area contributed by atoms with Crippen molar-refractivity contribution in [3.8, 4) is 0 Å². The summed E-state index contributed by atoms with van der Waals surface area (Å²) in [6.07, 6.45) is 39.9. The van der Waals surface area contributed by atoms with Gasteiger partial charge in [-0.05, 0) is 12.8 Å². The van der Waals surface area contributed by atoms with Gasteiger partial charge in [0.05, 0.1) is 0 Å². The van der Waals surface area contributed by atoms with E-state index < -0.39 is 5.54 Å². The molecule has 0 spiro atoms. The number of hydrogen-bond donors (Lipinski definition) is 0. The van der Waals surface area contributed by atoms with Gasteiger partial charge in [0.1, 0.15) is 19.8 Å². The standard InChI is InChI=1S/C42H79NO5/c1-4-6-8-10-12-14-16-18-20-22-24-26-28-30-32-34-40(44)47-37-42(36-46-39(3)43-42)38-48-41(45)35-33-31-29-27-25-23-21-19-17-15-13-11-9-7-5-2/h4-38H2,1-3H3. The van der Waals surface area contributed by atoms with Gasteiger partial charge in [-0.15, -0.1) is 0 Å². The Kier molecular flexibility index (Phi) is 30.2. The summed E-state index contributed by atoms with van der Waals surface area (Å²) < 4.78 is 16.8. The molecule has 0 N–H and O–H groups in total. The Bertz CT molecular complexity index is 732. The Morgan fingerprint density at radius 2 is 0.771 bits per heavy atom. The molecule has 1 rings (SSSR count). The maximum absolute atomic E-state index is 12.4. The first-order valence-electron chi connectivity index (χ1n) is 21.0. The summed E-state index contributed by atoms with van der Waals surface area (Å²) in [6.45, 7) is 6.80. The van der Waals surface area contributed by atoms with E-state index in [1.54, 1.807) is 6.92 Å². The molecule has 0 aliphatic carbocycles. The number of unbranched alkanes of at least 4 members (excludes halogenated alkanes) is 28. The van der Waals surface area contributed by atoms with Crippen LogP contribution in [0.2, 0.25) is 0 Å². The van der Waals surface area contributed by atoms with E-state index in [-0.39, 0.29) is 31.8 Å². The summed E-state index contributed by atoms with van der Waals surface area (Å²) in [5.41, 5.74) is -0.820. The number of carbonyl (C=O) groups is 2. The van der Waals surface area contributed by atoms with Crippen molar-refractivity contribution in [1.82, 2.24) is 0 Å². The summed E-state index contributed by atoms with van der Waals surface area (Å²) in [6, 6.07) is 0. The van der Waals surface area contributed by atoms with E-state index in [4.69, 9.17) is 14.2 Å². The van der Waals surface area contributed by atoms with Gasteiger partial charge < -0.3 is 14.2 Å². The first-order valence-corrected chi connectivity index (χ1v) is 21.0.